The van der Waals surface area contributed by atoms with Gasteiger partial charge >= 0.3 is 32.5 Å². The number of benzene rings is 5. The number of rotatable bonds is 14. The molecule has 2 N–H and O–H groups in total. The molecule has 0 amide bonds. The van der Waals surface area contributed by atoms with Gasteiger partial charge in [-0.1, -0.05) is 152 Å². The Bertz CT molecular complexity index is 3780. The van der Waals surface area contributed by atoms with Crippen LogP contribution in [0.1, 0.15) is 12.0 Å². The fraction of sp³-hybridized carbons (Fsp3) is 0.180. The summed E-state index contributed by atoms with van der Waals surface area (Å²) in [4.78, 5) is 43.8. The number of nitrogens with zero attached hydrogens (tertiary/aromatic N) is 3. The number of piperazine rings is 1. The van der Waals surface area contributed by atoms with Crippen LogP contribution in [0.4, 0.5) is 24.7 Å². The lowest BCUT2D eigenvalue weighted by atomic mass is 10.1. The number of fused-ring (bicyclic) bond motifs is 1. The molecule has 0 radical (unpaired) electrons. The molecule has 5 heterocycles. The van der Waals surface area contributed by atoms with E-state index in [0.717, 1.165) is 91.8 Å². The summed E-state index contributed by atoms with van der Waals surface area (Å²) in [5.74, 6) is 1.86. The van der Waals surface area contributed by atoms with Crippen molar-refractivity contribution in [3.05, 3.63) is 238 Å². The van der Waals surface area contributed by atoms with Gasteiger partial charge in [0.2, 0.25) is 8.32 Å². The summed E-state index contributed by atoms with van der Waals surface area (Å²) in [5.41, 5.74) is -3.59. The number of halogens is 4. The molecular weight excluding hydrogens is 1120 g/mol. The number of anilines is 2. The van der Waals surface area contributed by atoms with Crippen LogP contribution in [-0.2, 0) is 14.5 Å². The van der Waals surface area contributed by atoms with Gasteiger partial charge in [0.1, 0.15) is 34.6 Å². The van der Waals surface area contributed by atoms with E-state index in [-0.39, 0.29) is 29.5 Å². The quantitative estimate of drug-likeness (QED) is 0.0343. The van der Waals surface area contributed by atoms with Crippen LogP contribution < -0.4 is 31.3 Å². The number of hydrogen-bond acceptors (Lipinski definition) is 15. The van der Waals surface area contributed by atoms with Crippen LogP contribution in [0, 0.1) is 0 Å². The Labute approximate surface area is 479 Å². The number of pyridine rings is 1. The zero-order valence-corrected chi connectivity index (χ0v) is 47.6. The normalized spacial score (nSPS) is 12.4. The molecule has 0 saturated carbocycles. The molecule has 0 aliphatic carbocycles. The van der Waals surface area contributed by atoms with E-state index in [1.165, 1.54) is 35.0 Å². The number of hydrogen-bond donors (Lipinski definition) is 2. The first-order chi connectivity index (χ1) is 38.7. The highest BCUT2D eigenvalue weighted by atomic mass is 35.5. The Hall–Kier alpha value is -8.69. The predicted octanol–water partition coefficient (Wildman–Crippen LogP) is 13.0. The molecule has 1 saturated heterocycles. The van der Waals surface area contributed by atoms with Gasteiger partial charge in [0.05, 0.1) is 12.1 Å². The van der Waals surface area contributed by atoms with E-state index in [0.29, 0.717) is 23.2 Å². The average Bonchev–Trinajstić information content (AvgIpc) is 3.46. The Morgan fingerprint density at radius 2 is 1.15 bits per heavy atom. The number of aromatic nitrogens is 1. The third-order valence-electron chi connectivity index (χ3n) is 11.8. The molecule has 10 rings (SSSR count). The number of alkyl halides is 3. The highest BCUT2D eigenvalue weighted by molar-refractivity contribution is 7.88. The molecule has 0 bridgehead atoms. The average molecular weight is 1180 g/mol. The summed E-state index contributed by atoms with van der Waals surface area (Å²) < 4.78 is 83.2. The van der Waals surface area contributed by atoms with E-state index in [4.69, 9.17) is 17.7 Å². The topological polar surface area (TPSA) is 195 Å². The molecular formula is C61H60ClF3N4O11SSi. The van der Waals surface area contributed by atoms with Crippen LogP contribution in [0.2, 0.25) is 19.6 Å². The molecule has 1 fully saturated rings. The second-order valence-electron chi connectivity index (χ2n) is 19.1. The molecule has 21 heteroatoms. The van der Waals surface area contributed by atoms with E-state index >= 15 is 0 Å². The Kier molecular flexibility index (Phi) is 22.2. The van der Waals surface area contributed by atoms with Gasteiger partial charge in [-0.25, -0.2) is 19.4 Å². The van der Waals surface area contributed by atoms with Gasteiger partial charge in [-0.3, -0.25) is 4.90 Å². The van der Waals surface area contributed by atoms with Crippen molar-refractivity contribution in [2.75, 3.05) is 49.5 Å². The first-order valence-corrected chi connectivity index (χ1v) is 30.3. The fourth-order valence-corrected chi connectivity index (χ4v) is 9.38. The van der Waals surface area contributed by atoms with E-state index in [9.17, 15) is 41.1 Å². The van der Waals surface area contributed by atoms with Crippen molar-refractivity contribution in [1.29, 1.82) is 0 Å². The van der Waals surface area contributed by atoms with Crippen LogP contribution in [0.3, 0.4) is 0 Å². The molecule has 15 nitrogen and oxygen atoms in total. The Morgan fingerprint density at radius 3 is 1.68 bits per heavy atom. The van der Waals surface area contributed by atoms with Crippen LogP contribution in [0.15, 0.2) is 228 Å². The molecule has 5 aromatic carbocycles. The third-order valence-corrected chi connectivity index (χ3v) is 13.6. The summed E-state index contributed by atoms with van der Waals surface area (Å²) in [5, 5.41) is 15.0. The van der Waals surface area contributed by atoms with Crippen molar-refractivity contribution in [2.45, 2.75) is 31.6 Å². The second kappa shape index (κ2) is 29.1. The first-order valence-electron chi connectivity index (χ1n) is 25.5. The van der Waals surface area contributed by atoms with Crippen molar-refractivity contribution in [2.24, 2.45) is 0 Å². The van der Waals surface area contributed by atoms with Crippen molar-refractivity contribution >= 4 is 58.9 Å². The van der Waals surface area contributed by atoms with Crippen LogP contribution in [0.5, 0.6) is 11.5 Å². The Balaban J connectivity index is 0.000000190. The van der Waals surface area contributed by atoms with Gasteiger partial charge in [0, 0.05) is 96.5 Å². The smallest absolute Gasteiger partial charge is 0.534 e. The molecule has 1 aliphatic heterocycles. The first kappa shape index (κ1) is 62.5. The summed E-state index contributed by atoms with van der Waals surface area (Å²) in [6, 6.07) is 54.6. The molecule has 9 aromatic rings. The lowest BCUT2D eigenvalue weighted by molar-refractivity contribution is -0.0500. The molecule has 428 valence electrons. The molecule has 82 heavy (non-hydrogen) atoms. The molecule has 4 aromatic heterocycles. The zero-order valence-electron chi connectivity index (χ0n) is 45.0. The van der Waals surface area contributed by atoms with Crippen LogP contribution in [0.25, 0.3) is 50.5 Å². The van der Waals surface area contributed by atoms with Gasteiger partial charge in [-0.2, -0.15) is 21.6 Å². The maximum absolute atomic E-state index is 12.2. The van der Waals surface area contributed by atoms with Crippen molar-refractivity contribution in [1.82, 2.24) is 9.88 Å². The number of aromatic hydroxyl groups is 1. The van der Waals surface area contributed by atoms with Crippen molar-refractivity contribution < 1.29 is 48.6 Å². The van der Waals surface area contributed by atoms with Crippen molar-refractivity contribution in [3.63, 3.8) is 0 Å². The molecule has 0 unspecified atom stereocenters. The van der Waals surface area contributed by atoms with Gasteiger partial charge in [0.15, 0.2) is 5.75 Å². The van der Waals surface area contributed by atoms with E-state index in [2.05, 4.69) is 80.8 Å². The van der Waals surface area contributed by atoms with Crippen LogP contribution >= 0.6 is 12.4 Å². The SMILES string of the molecule is C=C(O[Si](C)(C)C)c1ccccc1.Cl.O=c1cc(NCCCN2CCN(c3nccc4ccccc34)CC2)cc(-c2ccccc2)o1.O=c1cc(O)cc(-c2ccccc2)o1.O=c1cc(OS(=O)(=O)C(F)(F)F)cc(-c2ccccc2)o1. The summed E-state index contributed by atoms with van der Waals surface area (Å²) >= 11 is 0. The maximum Gasteiger partial charge on any atom is 0.534 e. The Morgan fingerprint density at radius 1 is 0.659 bits per heavy atom. The third kappa shape index (κ3) is 19.0. The molecule has 0 spiro atoms. The summed E-state index contributed by atoms with van der Waals surface area (Å²) in [6.07, 6.45) is 2.91. The lowest BCUT2D eigenvalue weighted by Gasteiger charge is -2.35. The van der Waals surface area contributed by atoms with Gasteiger partial charge in [0.25, 0.3) is 0 Å². The van der Waals surface area contributed by atoms with E-state index in [1.807, 2.05) is 91.1 Å². The highest BCUT2D eigenvalue weighted by Gasteiger charge is 2.48. The minimum atomic E-state index is -5.85. The van der Waals surface area contributed by atoms with Gasteiger partial charge in [-0.15, -0.1) is 12.4 Å². The number of nitrogens with one attached hydrogen (secondary N) is 1. The monoisotopic (exact) mass is 1180 g/mol. The van der Waals surface area contributed by atoms with Crippen molar-refractivity contribution in [3.8, 4) is 45.5 Å². The minimum absolute atomic E-state index is 0. The minimum Gasteiger partial charge on any atom is -0.544 e. The van der Waals surface area contributed by atoms with Gasteiger partial charge < -0.3 is 37.2 Å². The lowest BCUT2D eigenvalue weighted by Crippen LogP contribution is -2.47. The standard InChI is InChI=1S/C27H28N4O2.C12H7F3O5S.C11H8O3.C11H16OSi.ClH/c32-26-20-23(19-25(33-26)22-8-2-1-3-9-22)28-12-6-14-30-15-17-31(18-16-30)27-24-10-5-4-7-21(24)11-13-29-27;13-12(14,15)21(17,18)20-9-6-10(19-11(16)7-9)8-4-2-1-3-5-8;12-9-6-10(14-11(13)7-9)8-4-2-1-3-5-8;1-10(12-13(2,3)4)11-8-6-5-7-9-11;/h1-5,7-11,13,19-20,28H,6,12,14-18H2;1-7H;1-7,12H;5-9H,1H2,2-4H3;1H. The second-order valence-corrected chi connectivity index (χ2v) is 25.0. The molecule has 0 atom stereocenters. The largest absolute Gasteiger partial charge is 0.544 e. The summed E-state index contributed by atoms with van der Waals surface area (Å²) in [6.45, 7) is 16.2. The van der Waals surface area contributed by atoms with Gasteiger partial charge in [-0.05, 0) is 44.1 Å². The highest BCUT2D eigenvalue weighted by Crippen LogP contribution is 2.30. The van der Waals surface area contributed by atoms with E-state index < -0.39 is 40.9 Å². The zero-order chi connectivity index (χ0) is 58.0. The molecule has 1 aliphatic rings. The van der Waals surface area contributed by atoms with Crippen LogP contribution in [-0.4, -0.2) is 76.5 Å². The fourth-order valence-electron chi connectivity index (χ4n) is 8.08. The van der Waals surface area contributed by atoms with E-state index in [1.54, 1.807) is 30.3 Å². The predicted molar refractivity (Wildman–Crippen MR) is 319 cm³/mol. The maximum atomic E-state index is 12.2. The summed E-state index contributed by atoms with van der Waals surface area (Å²) in [7, 11) is -7.35.